The number of benzene rings is 1. The molecule has 0 radical (unpaired) electrons. The molecule has 0 atom stereocenters. The molecule has 0 saturated carbocycles. The first-order valence-electron chi connectivity index (χ1n) is 2.87. The van der Waals surface area contributed by atoms with Crippen LogP contribution in [0.4, 0.5) is 5.69 Å². The summed E-state index contributed by atoms with van der Waals surface area (Å²) in [6, 6.07) is 9.49. The molecule has 0 spiro atoms. The molecule has 0 saturated heterocycles. The van der Waals surface area contributed by atoms with Gasteiger partial charge in [0.2, 0.25) is 0 Å². The maximum atomic E-state index is 5.36. The Hall–Kier alpha value is -1.86. The summed E-state index contributed by atoms with van der Waals surface area (Å²) in [5, 5.41) is 0. The molecule has 1 heteroatoms. The fourth-order valence-electron chi connectivity index (χ4n) is 0.453. The molecule has 0 aliphatic rings. The molecule has 2 N–H and O–H groups in total. The standard InChI is InChI=1S/C6H7N.2C2H2/c7-6-4-2-1-3-5-6;2*1-2/h1-5H,7H2;2*1-2H. The first-order chi connectivity index (χ1) is 5.39. The molecule has 0 unspecified atom stereocenters. The first kappa shape index (κ1) is 11.9. The van der Waals surface area contributed by atoms with Crippen LogP contribution in [0.5, 0.6) is 0 Å². The Morgan fingerprint density at radius 1 is 0.818 bits per heavy atom. The fraction of sp³-hybridized carbons (Fsp3) is 0. The quantitative estimate of drug-likeness (QED) is 0.437. The second-order valence-electron chi connectivity index (χ2n) is 1.41. The molecule has 0 aliphatic heterocycles. The Labute approximate surface area is 68.2 Å². The number of anilines is 1. The molecule has 56 valence electrons. The topological polar surface area (TPSA) is 26.0 Å². The summed E-state index contributed by atoms with van der Waals surface area (Å²) >= 11 is 0. The lowest BCUT2D eigenvalue weighted by atomic mass is 10.3. The zero-order valence-electron chi connectivity index (χ0n) is 6.27. The summed E-state index contributed by atoms with van der Waals surface area (Å²) in [6.07, 6.45) is 16.0. The normalized spacial score (nSPS) is 5.82. The van der Waals surface area contributed by atoms with Gasteiger partial charge in [-0.25, -0.2) is 0 Å². The lowest BCUT2D eigenvalue weighted by Gasteiger charge is -1.83. The molecule has 0 heterocycles. The van der Waals surface area contributed by atoms with Crippen molar-refractivity contribution in [3.8, 4) is 25.7 Å². The van der Waals surface area contributed by atoms with E-state index >= 15 is 0 Å². The third-order valence-corrected chi connectivity index (χ3v) is 0.800. The number of nitrogen functional groups attached to an aromatic ring is 1. The van der Waals surface area contributed by atoms with Crippen molar-refractivity contribution in [2.75, 3.05) is 5.73 Å². The van der Waals surface area contributed by atoms with Crippen molar-refractivity contribution in [2.24, 2.45) is 0 Å². The number of terminal acetylenes is 2. The summed E-state index contributed by atoms with van der Waals surface area (Å²) < 4.78 is 0. The van der Waals surface area contributed by atoms with Crippen LogP contribution in [0.3, 0.4) is 0 Å². The number of nitrogens with two attached hydrogens (primary N) is 1. The summed E-state index contributed by atoms with van der Waals surface area (Å²) in [7, 11) is 0. The molecule has 0 bridgehead atoms. The highest BCUT2D eigenvalue weighted by molar-refractivity contribution is 5.35. The smallest absolute Gasteiger partial charge is 0.0313 e. The summed E-state index contributed by atoms with van der Waals surface area (Å²) in [5.74, 6) is 0. The minimum Gasteiger partial charge on any atom is -0.399 e. The lowest BCUT2D eigenvalue weighted by Crippen LogP contribution is -1.79. The largest absolute Gasteiger partial charge is 0.399 e. The van der Waals surface area contributed by atoms with Crippen molar-refractivity contribution in [3.05, 3.63) is 30.3 Å². The SMILES string of the molecule is C#C.C#C.Nc1ccccc1. The molecule has 11 heavy (non-hydrogen) atoms. The van der Waals surface area contributed by atoms with Crippen LogP contribution in [0.25, 0.3) is 0 Å². The van der Waals surface area contributed by atoms with Crippen LogP contribution in [0.2, 0.25) is 0 Å². The molecule has 1 rings (SSSR count). The van der Waals surface area contributed by atoms with E-state index in [0.717, 1.165) is 5.69 Å². The van der Waals surface area contributed by atoms with Crippen molar-refractivity contribution in [1.82, 2.24) is 0 Å². The van der Waals surface area contributed by atoms with Gasteiger partial charge >= 0.3 is 0 Å². The third kappa shape index (κ3) is 8.14. The average molecular weight is 145 g/mol. The highest BCUT2D eigenvalue weighted by Crippen LogP contribution is 1.95. The maximum Gasteiger partial charge on any atom is 0.0313 e. The zero-order valence-corrected chi connectivity index (χ0v) is 6.27. The van der Waals surface area contributed by atoms with Gasteiger partial charge in [-0.3, -0.25) is 0 Å². The Bertz CT molecular complexity index is 190. The van der Waals surface area contributed by atoms with Crippen molar-refractivity contribution >= 4 is 5.69 Å². The van der Waals surface area contributed by atoms with Crippen molar-refractivity contribution < 1.29 is 0 Å². The third-order valence-electron chi connectivity index (χ3n) is 0.800. The van der Waals surface area contributed by atoms with Crippen LogP contribution in [-0.4, -0.2) is 0 Å². The van der Waals surface area contributed by atoms with Crippen molar-refractivity contribution in [2.45, 2.75) is 0 Å². The summed E-state index contributed by atoms with van der Waals surface area (Å²) in [5.41, 5.74) is 6.18. The Morgan fingerprint density at radius 2 is 1.18 bits per heavy atom. The number of para-hydroxylation sites is 1. The van der Waals surface area contributed by atoms with Gasteiger partial charge in [0.05, 0.1) is 0 Å². The molecule has 0 amide bonds. The Morgan fingerprint density at radius 3 is 1.36 bits per heavy atom. The molecular formula is C10H11N. The van der Waals surface area contributed by atoms with E-state index in [1.807, 2.05) is 30.3 Å². The van der Waals surface area contributed by atoms with Crippen LogP contribution >= 0.6 is 0 Å². The van der Waals surface area contributed by atoms with Crippen LogP contribution in [0, 0.1) is 25.7 Å². The van der Waals surface area contributed by atoms with Gasteiger partial charge in [-0.05, 0) is 12.1 Å². The van der Waals surface area contributed by atoms with Gasteiger partial charge in [0.1, 0.15) is 0 Å². The molecular weight excluding hydrogens is 134 g/mol. The molecule has 1 aromatic rings. The van der Waals surface area contributed by atoms with E-state index in [2.05, 4.69) is 25.7 Å². The van der Waals surface area contributed by atoms with E-state index < -0.39 is 0 Å². The van der Waals surface area contributed by atoms with E-state index in [-0.39, 0.29) is 0 Å². The highest BCUT2D eigenvalue weighted by atomic mass is 14.5. The van der Waals surface area contributed by atoms with E-state index in [9.17, 15) is 0 Å². The second-order valence-corrected chi connectivity index (χ2v) is 1.41. The molecule has 1 nitrogen and oxygen atoms in total. The highest BCUT2D eigenvalue weighted by Gasteiger charge is 1.72. The Kier molecular flexibility index (Phi) is 11.9. The first-order valence-corrected chi connectivity index (χ1v) is 2.87. The van der Waals surface area contributed by atoms with E-state index in [1.54, 1.807) is 0 Å². The van der Waals surface area contributed by atoms with Gasteiger partial charge in [0.15, 0.2) is 0 Å². The molecule has 0 fully saturated rings. The number of hydrogen-bond donors (Lipinski definition) is 1. The lowest BCUT2D eigenvalue weighted by molar-refractivity contribution is 1.69. The van der Waals surface area contributed by atoms with Crippen LogP contribution in [0.1, 0.15) is 0 Å². The van der Waals surface area contributed by atoms with Gasteiger partial charge < -0.3 is 5.73 Å². The van der Waals surface area contributed by atoms with Crippen molar-refractivity contribution in [3.63, 3.8) is 0 Å². The fourth-order valence-corrected chi connectivity index (χ4v) is 0.453. The van der Waals surface area contributed by atoms with Gasteiger partial charge in [0.25, 0.3) is 0 Å². The minimum atomic E-state index is 0.822. The number of hydrogen-bond acceptors (Lipinski definition) is 1. The summed E-state index contributed by atoms with van der Waals surface area (Å²) in [6.45, 7) is 0. The van der Waals surface area contributed by atoms with E-state index in [4.69, 9.17) is 5.73 Å². The number of rotatable bonds is 0. The van der Waals surface area contributed by atoms with Crippen LogP contribution < -0.4 is 5.73 Å². The monoisotopic (exact) mass is 145 g/mol. The zero-order chi connectivity index (χ0) is 9.11. The van der Waals surface area contributed by atoms with E-state index in [0.29, 0.717) is 0 Å². The van der Waals surface area contributed by atoms with Gasteiger partial charge in [-0.1, -0.05) is 18.2 Å². The minimum absolute atomic E-state index is 0.822. The molecule has 0 aromatic heterocycles. The van der Waals surface area contributed by atoms with Crippen molar-refractivity contribution in [1.29, 1.82) is 0 Å². The van der Waals surface area contributed by atoms with E-state index in [1.165, 1.54) is 0 Å². The predicted octanol–water partition coefficient (Wildman–Crippen LogP) is 1.77. The van der Waals surface area contributed by atoms with Crippen LogP contribution in [0.15, 0.2) is 30.3 Å². The van der Waals surface area contributed by atoms with Gasteiger partial charge in [-0.2, -0.15) is 0 Å². The predicted molar refractivity (Wildman–Crippen MR) is 50.6 cm³/mol. The van der Waals surface area contributed by atoms with Gasteiger partial charge in [-0.15, -0.1) is 25.7 Å². The molecule has 1 aromatic carbocycles. The second kappa shape index (κ2) is 11.0. The maximum absolute atomic E-state index is 5.36. The average Bonchev–Trinajstić information content (AvgIpc) is 2.13. The summed E-state index contributed by atoms with van der Waals surface area (Å²) in [4.78, 5) is 0. The van der Waals surface area contributed by atoms with Gasteiger partial charge in [0, 0.05) is 5.69 Å². The Balaban J connectivity index is 0. The van der Waals surface area contributed by atoms with Crippen LogP contribution in [-0.2, 0) is 0 Å². The molecule has 0 aliphatic carbocycles.